The molecular formula is C38H42N2O8. The Morgan fingerprint density at radius 1 is 0.708 bits per heavy atom. The smallest absolute Gasteiger partial charge is 0.343 e. The maximum atomic E-state index is 12.1. The number of carbonyl (C=O) groups excluding carboxylic acids is 3. The van der Waals surface area contributed by atoms with Crippen LogP contribution in [0.5, 0.6) is 17.2 Å². The van der Waals surface area contributed by atoms with E-state index in [4.69, 9.17) is 14.6 Å². The molecule has 0 aliphatic rings. The minimum Gasteiger partial charge on any atom is -0.508 e. The molecule has 4 rings (SSSR count). The standard InChI is InChI=1S/C21H26O3.C17H16N2O5/c1-3-4-5-6-7-16-23-19-14-10-18(11-15-19)21(22)24-20-12-8-17(2)9-13-20;20-14-7-1-11(2-8-14)9-15(21)19-13-5-3-12(4-6-13)17(24)18-10-16(22)23/h8-15H,3-7,16H2,1-2H3;1-8,20H,9-10H2,(H,18,24)(H,19,21)(H,22,23). The number of hydrogen-bond acceptors (Lipinski definition) is 7. The lowest BCUT2D eigenvalue weighted by Crippen LogP contribution is -2.29. The summed E-state index contributed by atoms with van der Waals surface area (Å²) in [5.74, 6) is -0.735. The average Bonchev–Trinajstić information content (AvgIpc) is 3.08. The van der Waals surface area contributed by atoms with E-state index in [0.717, 1.165) is 29.9 Å². The second kappa shape index (κ2) is 19.8. The number of aliphatic carboxylic acids is 1. The molecule has 10 heteroatoms. The van der Waals surface area contributed by atoms with Gasteiger partial charge >= 0.3 is 11.9 Å². The maximum absolute atomic E-state index is 12.1. The van der Waals surface area contributed by atoms with Crippen molar-refractivity contribution < 1.29 is 38.9 Å². The molecule has 4 N–H and O–H groups in total. The molecule has 0 fully saturated rings. The third kappa shape index (κ3) is 13.8. The number of benzene rings is 4. The van der Waals surface area contributed by atoms with E-state index in [1.165, 1.54) is 49.9 Å². The Hall–Kier alpha value is -5.64. The van der Waals surface area contributed by atoms with Crippen LogP contribution in [0.15, 0.2) is 97.1 Å². The molecule has 0 unspecified atom stereocenters. The molecule has 0 saturated carbocycles. The summed E-state index contributed by atoms with van der Waals surface area (Å²) < 4.78 is 11.1. The number of amides is 2. The normalized spacial score (nSPS) is 10.2. The molecule has 0 aliphatic carbocycles. The summed E-state index contributed by atoms with van der Waals surface area (Å²) in [4.78, 5) is 46.1. The molecule has 0 saturated heterocycles. The Kier molecular flexibility index (Phi) is 15.2. The van der Waals surface area contributed by atoms with Gasteiger partial charge in [-0.05, 0) is 91.7 Å². The summed E-state index contributed by atoms with van der Waals surface area (Å²) in [7, 11) is 0. The quantitative estimate of drug-likeness (QED) is 0.0611. The van der Waals surface area contributed by atoms with Crippen molar-refractivity contribution in [3.63, 3.8) is 0 Å². The molecule has 48 heavy (non-hydrogen) atoms. The summed E-state index contributed by atoms with van der Waals surface area (Å²) in [6.45, 7) is 4.47. The Morgan fingerprint density at radius 2 is 1.31 bits per heavy atom. The molecule has 10 nitrogen and oxygen atoms in total. The van der Waals surface area contributed by atoms with E-state index in [1.54, 1.807) is 48.5 Å². The fourth-order valence-electron chi connectivity index (χ4n) is 4.32. The average molecular weight is 655 g/mol. The van der Waals surface area contributed by atoms with Crippen LogP contribution in [0.1, 0.15) is 70.9 Å². The van der Waals surface area contributed by atoms with Crippen molar-refractivity contribution in [1.82, 2.24) is 5.32 Å². The maximum Gasteiger partial charge on any atom is 0.343 e. The van der Waals surface area contributed by atoms with Crippen LogP contribution in [0.25, 0.3) is 0 Å². The highest BCUT2D eigenvalue weighted by atomic mass is 16.5. The molecule has 0 atom stereocenters. The van der Waals surface area contributed by atoms with Crippen LogP contribution in [-0.2, 0) is 16.0 Å². The van der Waals surface area contributed by atoms with E-state index in [0.29, 0.717) is 22.6 Å². The van der Waals surface area contributed by atoms with Crippen LogP contribution in [-0.4, -0.2) is 47.1 Å². The van der Waals surface area contributed by atoms with Gasteiger partial charge in [0, 0.05) is 11.3 Å². The fourth-order valence-corrected chi connectivity index (χ4v) is 4.32. The predicted molar refractivity (Wildman–Crippen MR) is 184 cm³/mol. The second-order valence-corrected chi connectivity index (χ2v) is 11.0. The first-order chi connectivity index (χ1) is 23.1. The number of carboxylic acid groups (broad SMARTS) is 1. The van der Waals surface area contributed by atoms with Gasteiger partial charge in [0.2, 0.25) is 5.91 Å². The molecular weight excluding hydrogens is 612 g/mol. The van der Waals surface area contributed by atoms with E-state index in [9.17, 15) is 24.3 Å². The van der Waals surface area contributed by atoms with E-state index >= 15 is 0 Å². The molecule has 0 aromatic heterocycles. The van der Waals surface area contributed by atoms with Gasteiger partial charge in [-0.3, -0.25) is 14.4 Å². The molecule has 0 aliphatic heterocycles. The summed E-state index contributed by atoms with van der Waals surface area (Å²) in [6.07, 6.45) is 6.23. The number of carbonyl (C=O) groups is 4. The van der Waals surface area contributed by atoms with Gasteiger partial charge in [0.1, 0.15) is 23.8 Å². The third-order valence-corrected chi connectivity index (χ3v) is 6.97. The Balaban J connectivity index is 0.000000260. The molecule has 4 aromatic rings. The minimum atomic E-state index is -1.12. The van der Waals surface area contributed by atoms with Gasteiger partial charge in [0.25, 0.3) is 5.91 Å². The number of anilines is 1. The lowest BCUT2D eigenvalue weighted by Gasteiger charge is -2.08. The number of phenols is 1. The van der Waals surface area contributed by atoms with Gasteiger partial charge in [-0.2, -0.15) is 0 Å². The Bertz CT molecular complexity index is 1600. The van der Waals surface area contributed by atoms with Crippen molar-refractivity contribution in [2.45, 2.75) is 52.4 Å². The van der Waals surface area contributed by atoms with Crippen molar-refractivity contribution >= 4 is 29.4 Å². The number of esters is 1. The van der Waals surface area contributed by atoms with Crippen LogP contribution in [0, 0.1) is 6.92 Å². The number of unbranched alkanes of at least 4 members (excludes halogenated alkanes) is 4. The monoisotopic (exact) mass is 654 g/mol. The summed E-state index contributed by atoms with van der Waals surface area (Å²) >= 11 is 0. The van der Waals surface area contributed by atoms with Gasteiger partial charge in [0.05, 0.1) is 18.6 Å². The number of carboxylic acids is 1. The molecule has 0 bridgehead atoms. The topological polar surface area (TPSA) is 151 Å². The van der Waals surface area contributed by atoms with Crippen LogP contribution in [0.2, 0.25) is 0 Å². The number of hydrogen-bond donors (Lipinski definition) is 4. The molecule has 252 valence electrons. The SMILES string of the molecule is CCCCCCCOc1ccc(C(=O)Oc2ccc(C)cc2)cc1.O=C(O)CNC(=O)c1ccc(NC(=O)Cc2ccc(O)cc2)cc1. The molecule has 0 heterocycles. The van der Waals surface area contributed by atoms with Crippen LogP contribution >= 0.6 is 0 Å². The first-order valence-corrected chi connectivity index (χ1v) is 15.8. The van der Waals surface area contributed by atoms with Crippen molar-refractivity contribution in [1.29, 1.82) is 0 Å². The number of ether oxygens (including phenoxy) is 2. The van der Waals surface area contributed by atoms with E-state index in [-0.39, 0.29) is 24.0 Å². The van der Waals surface area contributed by atoms with Crippen molar-refractivity contribution in [2.75, 3.05) is 18.5 Å². The highest BCUT2D eigenvalue weighted by molar-refractivity contribution is 5.97. The van der Waals surface area contributed by atoms with E-state index < -0.39 is 18.4 Å². The van der Waals surface area contributed by atoms with E-state index in [2.05, 4.69) is 17.6 Å². The highest BCUT2D eigenvalue weighted by Crippen LogP contribution is 2.17. The molecule has 0 radical (unpaired) electrons. The lowest BCUT2D eigenvalue weighted by atomic mass is 10.1. The highest BCUT2D eigenvalue weighted by Gasteiger charge is 2.10. The summed E-state index contributed by atoms with van der Waals surface area (Å²) in [5.41, 5.74) is 3.23. The molecule has 2 amide bonds. The zero-order valence-electron chi connectivity index (χ0n) is 27.2. The summed E-state index contributed by atoms with van der Waals surface area (Å²) in [5, 5.41) is 22.7. The number of nitrogens with one attached hydrogen (secondary N) is 2. The van der Waals surface area contributed by atoms with Crippen LogP contribution in [0.3, 0.4) is 0 Å². The third-order valence-electron chi connectivity index (χ3n) is 6.97. The molecule has 0 spiro atoms. The van der Waals surface area contributed by atoms with Crippen LogP contribution in [0.4, 0.5) is 5.69 Å². The number of aromatic hydroxyl groups is 1. The fraction of sp³-hybridized carbons (Fsp3) is 0.263. The van der Waals surface area contributed by atoms with Crippen molar-refractivity contribution in [3.8, 4) is 17.2 Å². The van der Waals surface area contributed by atoms with Crippen LogP contribution < -0.4 is 20.1 Å². The Labute approximate surface area is 280 Å². The second-order valence-electron chi connectivity index (χ2n) is 11.0. The number of rotatable bonds is 15. The zero-order valence-corrected chi connectivity index (χ0v) is 27.2. The van der Waals surface area contributed by atoms with Crippen molar-refractivity contribution in [3.05, 3.63) is 119 Å². The van der Waals surface area contributed by atoms with Crippen molar-refractivity contribution in [2.24, 2.45) is 0 Å². The predicted octanol–water partition coefficient (Wildman–Crippen LogP) is 6.95. The zero-order chi connectivity index (χ0) is 34.7. The first kappa shape index (κ1) is 36.8. The minimum absolute atomic E-state index is 0.135. The largest absolute Gasteiger partial charge is 0.508 e. The lowest BCUT2D eigenvalue weighted by molar-refractivity contribution is -0.135. The molecule has 4 aromatic carbocycles. The first-order valence-electron chi connectivity index (χ1n) is 15.8. The van der Waals surface area contributed by atoms with Gasteiger partial charge in [-0.25, -0.2) is 4.79 Å². The van der Waals surface area contributed by atoms with Gasteiger partial charge in [0.15, 0.2) is 0 Å². The van der Waals surface area contributed by atoms with E-state index in [1.807, 2.05) is 31.2 Å². The van der Waals surface area contributed by atoms with Gasteiger partial charge in [-0.1, -0.05) is 62.4 Å². The summed E-state index contributed by atoms with van der Waals surface area (Å²) in [6, 6.07) is 27.0. The Morgan fingerprint density at radius 3 is 1.94 bits per heavy atom. The number of phenolic OH excluding ortho intramolecular Hbond substituents is 1. The van der Waals surface area contributed by atoms with Gasteiger partial charge < -0.3 is 30.3 Å². The number of aryl methyl sites for hydroxylation is 1. The van der Waals surface area contributed by atoms with Gasteiger partial charge in [-0.15, -0.1) is 0 Å².